The van der Waals surface area contributed by atoms with Crippen molar-refractivity contribution in [1.29, 1.82) is 0 Å². The van der Waals surface area contributed by atoms with E-state index in [2.05, 4.69) is 23.5 Å². The Bertz CT molecular complexity index is 401. The first kappa shape index (κ1) is 11.1. The molecule has 1 heterocycles. The minimum atomic E-state index is -0.149. The number of nitrogens with one attached hydrogen (secondary N) is 1. The van der Waals surface area contributed by atoms with Crippen molar-refractivity contribution in [2.24, 2.45) is 0 Å². The molecule has 0 aromatic heterocycles. The maximum absolute atomic E-state index is 11.8. The van der Waals surface area contributed by atoms with E-state index in [9.17, 15) is 4.79 Å². The van der Waals surface area contributed by atoms with Crippen LogP contribution in [-0.4, -0.2) is 19.1 Å². The Hall–Kier alpha value is -1.35. The zero-order chi connectivity index (χ0) is 11.5. The van der Waals surface area contributed by atoms with Gasteiger partial charge < -0.3 is 10.1 Å². The van der Waals surface area contributed by atoms with E-state index in [-0.39, 0.29) is 11.9 Å². The fourth-order valence-corrected chi connectivity index (χ4v) is 2.11. The lowest BCUT2D eigenvalue weighted by Crippen LogP contribution is -2.33. The number of fused-ring (bicyclic) bond motifs is 1. The third-order valence-corrected chi connectivity index (χ3v) is 2.91. The van der Waals surface area contributed by atoms with Crippen LogP contribution in [0.2, 0.25) is 0 Å². The van der Waals surface area contributed by atoms with Crippen LogP contribution in [0.25, 0.3) is 0 Å². The summed E-state index contributed by atoms with van der Waals surface area (Å²) < 4.78 is 5.10. The lowest BCUT2D eigenvalue weighted by Gasteiger charge is -2.25. The number of hydrogen-bond acceptors (Lipinski definition) is 3. The topological polar surface area (TPSA) is 38.3 Å². The van der Waals surface area contributed by atoms with E-state index in [0.717, 1.165) is 12.1 Å². The summed E-state index contributed by atoms with van der Waals surface area (Å²) in [5.41, 5.74) is 3.52. The molecule has 0 fully saturated rings. The standard InChI is InChI=1S/C13H17NO2/c1-3-16-13(15)12-8-14-7-10-5-4-9(2)6-11(10)12/h4-6,12,14H,3,7-8H2,1-2H3. The van der Waals surface area contributed by atoms with Gasteiger partial charge in [0.2, 0.25) is 0 Å². The van der Waals surface area contributed by atoms with Crippen molar-refractivity contribution in [2.45, 2.75) is 26.3 Å². The molecule has 1 aromatic rings. The van der Waals surface area contributed by atoms with Crippen LogP contribution in [0.5, 0.6) is 0 Å². The number of aryl methyl sites for hydroxylation is 1. The lowest BCUT2D eigenvalue weighted by atomic mass is 9.89. The lowest BCUT2D eigenvalue weighted by molar-refractivity contribution is -0.145. The Morgan fingerprint density at radius 3 is 3.12 bits per heavy atom. The van der Waals surface area contributed by atoms with Crippen LogP contribution < -0.4 is 5.32 Å². The van der Waals surface area contributed by atoms with Gasteiger partial charge in [0.25, 0.3) is 0 Å². The zero-order valence-corrected chi connectivity index (χ0v) is 9.75. The highest BCUT2D eigenvalue weighted by atomic mass is 16.5. The van der Waals surface area contributed by atoms with Crippen molar-refractivity contribution in [3.63, 3.8) is 0 Å². The maximum atomic E-state index is 11.8. The molecule has 86 valence electrons. The van der Waals surface area contributed by atoms with E-state index in [1.165, 1.54) is 11.1 Å². The molecule has 0 amide bonds. The molecule has 0 radical (unpaired) electrons. The minimum absolute atomic E-state index is 0.124. The van der Waals surface area contributed by atoms with Crippen LogP contribution in [0.1, 0.15) is 29.5 Å². The highest BCUT2D eigenvalue weighted by Gasteiger charge is 2.27. The third kappa shape index (κ3) is 2.09. The predicted octanol–water partition coefficient (Wildman–Crippen LogP) is 1.74. The van der Waals surface area contributed by atoms with Gasteiger partial charge in [0.15, 0.2) is 0 Å². The van der Waals surface area contributed by atoms with Crippen LogP contribution in [0.15, 0.2) is 18.2 Å². The van der Waals surface area contributed by atoms with E-state index < -0.39 is 0 Å². The highest BCUT2D eigenvalue weighted by molar-refractivity contribution is 5.79. The first-order chi connectivity index (χ1) is 7.72. The van der Waals surface area contributed by atoms with Gasteiger partial charge in [-0.2, -0.15) is 0 Å². The molecular formula is C13H17NO2. The van der Waals surface area contributed by atoms with Gasteiger partial charge in [-0.3, -0.25) is 4.79 Å². The van der Waals surface area contributed by atoms with Crippen molar-refractivity contribution >= 4 is 5.97 Å². The van der Waals surface area contributed by atoms with E-state index >= 15 is 0 Å². The van der Waals surface area contributed by atoms with Gasteiger partial charge >= 0.3 is 5.97 Å². The van der Waals surface area contributed by atoms with Crippen molar-refractivity contribution in [3.05, 3.63) is 34.9 Å². The Kier molecular flexibility index (Phi) is 3.25. The minimum Gasteiger partial charge on any atom is -0.465 e. The van der Waals surface area contributed by atoms with Crippen LogP contribution >= 0.6 is 0 Å². The van der Waals surface area contributed by atoms with Gasteiger partial charge in [0.1, 0.15) is 0 Å². The maximum Gasteiger partial charge on any atom is 0.314 e. The molecule has 3 heteroatoms. The molecule has 0 bridgehead atoms. The summed E-state index contributed by atoms with van der Waals surface area (Å²) >= 11 is 0. The number of carbonyl (C=O) groups is 1. The summed E-state index contributed by atoms with van der Waals surface area (Å²) in [6.45, 7) is 5.84. The van der Waals surface area contributed by atoms with Crippen molar-refractivity contribution in [2.75, 3.05) is 13.2 Å². The molecule has 16 heavy (non-hydrogen) atoms. The number of benzene rings is 1. The van der Waals surface area contributed by atoms with E-state index in [1.54, 1.807) is 0 Å². The molecule has 1 aliphatic rings. The van der Waals surface area contributed by atoms with E-state index in [4.69, 9.17) is 4.74 Å². The highest BCUT2D eigenvalue weighted by Crippen LogP contribution is 2.26. The second kappa shape index (κ2) is 4.66. The third-order valence-electron chi connectivity index (χ3n) is 2.91. The summed E-state index contributed by atoms with van der Waals surface area (Å²) in [4.78, 5) is 11.8. The molecule has 1 N–H and O–H groups in total. The number of rotatable bonds is 2. The van der Waals surface area contributed by atoms with Crippen LogP contribution in [-0.2, 0) is 16.1 Å². The first-order valence-electron chi connectivity index (χ1n) is 5.69. The van der Waals surface area contributed by atoms with Crippen LogP contribution in [0.3, 0.4) is 0 Å². The van der Waals surface area contributed by atoms with Crippen LogP contribution in [0, 0.1) is 6.92 Å². The van der Waals surface area contributed by atoms with Gasteiger partial charge in [-0.25, -0.2) is 0 Å². The van der Waals surface area contributed by atoms with Gasteiger partial charge in [0.05, 0.1) is 12.5 Å². The van der Waals surface area contributed by atoms with E-state index in [0.29, 0.717) is 13.2 Å². The fourth-order valence-electron chi connectivity index (χ4n) is 2.11. The molecule has 0 aliphatic carbocycles. The molecule has 1 atom stereocenters. The van der Waals surface area contributed by atoms with Crippen molar-refractivity contribution in [3.8, 4) is 0 Å². The van der Waals surface area contributed by atoms with Crippen molar-refractivity contribution in [1.82, 2.24) is 5.32 Å². The Balaban J connectivity index is 2.31. The molecular weight excluding hydrogens is 202 g/mol. The second-order valence-corrected chi connectivity index (χ2v) is 4.14. The van der Waals surface area contributed by atoms with Gasteiger partial charge in [-0.05, 0) is 25.0 Å². The Morgan fingerprint density at radius 2 is 2.38 bits per heavy atom. The average Bonchev–Trinajstić information content (AvgIpc) is 2.28. The molecule has 0 spiro atoms. The Labute approximate surface area is 95.8 Å². The molecule has 3 nitrogen and oxygen atoms in total. The first-order valence-corrected chi connectivity index (χ1v) is 5.69. The van der Waals surface area contributed by atoms with Gasteiger partial charge in [-0.1, -0.05) is 23.8 Å². The summed E-state index contributed by atoms with van der Waals surface area (Å²) in [5, 5.41) is 3.25. The summed E-state index contributed by atoms with van der Waals surface area (Å²) in [5.74, 6) is -0.273. The predicted molar refractivity (Wildman–Crippen MR) is 62.3 cm³/mol. The van der Waals surface area contributed by atoms with Gasteiger partial charge in [0, 0.05) is 13.1 Å². The molecule has 2 rings (SSSR count). The molecule has 1 aromatic carbocycles. The number of ether oxygens (including phenoxy) is 1. The molecule has 0 saturated carbocycles. The zero-order valence-electron chi connectivity index (χ0n) is 9.75. The number of carbonyl (C=O) groups excluding carboxylic acids is 1. The van der Waals surface area contributed by atoms with Crippen LogP contribution in [0.4, 0.5) is 0 Å². The Morgan fingerprint density at radius 1 is 1.56 bits per heavy atom. The fraction of sp³-hybridized carbons (Fsp3) is 0.462. The number of hydrogen-bond donors (Lipinski definition) is 1. The van der Waals surface area contributed by atoms with Gasteiger partial charge in [-0.15, -0.1) is 0 Å². The summed E-state index contributed by atoms with van der Waals surface area (Å²) in [6, 6.07) is 6.26. The largest absolute Gasteiger partial charge is 0.465 e. The average molecular weight is 219 g/mol. The SMILES string of the molecule is CCOC(=O)C1CNCc2ccc(C)cc21. The normalized spacial score (nSPS) is 19.0. The summed E-state index contributed by atoms with van der Waals surface area (Å²) in [7, 11) is 0. The quantitative estimate of drug-likeness (QED) is 0.770. The smallest absolute Gasteiger partial charge is 0.314 e. The monoisotopic (exact) mass is 219 g/mol. The summed E-state index contributed by atoms with van der Waals surface area (Å²) in [6.07, 6.45) is 0. The molecule has 1 aliphatic heterocycles. The number of esters is 1. The second-order valence-electron chi connectivity index (χ2n) is 4.14. The van der Waals surface area contributed by atoms with Crippen molar-refractivity contribution < 1.29 is 9.53 Å². The molecule has 1 unspecified atom stereocenters. The van der Waals surface area contributed by atoms with E-state index in [1.807, 2.05) is 13.8 Å². The molecule has 0 saturated heterocycles.